The summed E-state index contributed by atoms with van der Waals surface area (Å²) in [6.07, 6.45) is 4.91. The zero-order valence-corrected chi connectivity index (χ0v) is 14.8. The Bertz CT molecular complexity index is 1020. The molecule has 0 bridgehead atoms. The molecule has 3 heterocycles. The lowest BCUT2D eigenvalue weighted by molar-refractivity contribution is -2.00. The number of aromatic nitrogens is 1. The van der Waals surface area contributed by atoms with Gasteiger partial charge in [-0.15, -0.1) is 10.2 Å². The predicted octanol–water partition coefficient (Wildman–Crippen LogP) is -1.73. The van der Waals surface area contributed by atoms with Crippen molar-refractivity contribution in [3.8, 4) is 0 Å². The first kappa shape index (κ1) is 21.7. The highest BCUT2D eigenvalue weighted by Gasteiger charge is 2.22. The van der Waals surface area contributed by atoms with Crippen molar-refractivity contribution in [3.05, 3.63) is 86.6 Å². The van der Waals surface area contributed by atoms with Gasteiger partial charge in [-0.2, -0.15) is 4.57 Å². The van der Waals surface area contributed by atoms with Gasteiger partial charge in [0.15, 0.2) is 12.4 Å². The van der Waals surface area contributed by atoms with Gasteiger partial charge in [-0.1, -0.05) is 6.07 Å². The Hall–Kier alpha value is -3.62. The van der Waals surface area contributed by atoms with Crippen LogP contribution in [0.5, 0.6) is 0 Å². The van der Waals surface area contributed by atoms with E-state index in [0.717, 1.165) is 0 Å². The topological polar surface area (TPSA) is 209 Å². The molecule has 0 spiro atoms. The van der Waals surface area contributed by atoms with Crippen LogP contribution in [-0.4, -0.2) is 9.85 Å². The number of nitrogens with zero attached hydrogens (tertiary/aromatic N) is 3. The fourth-order valence-electron chi connectivity index (χ4n) is 2.05. The average Bonchev–Trinajstić information content (AvgIpc) is 3.29. The zero-order chi connectivity index (χ0) is 21.6. The summed E-state index contributed by atoms with van der Waals surface area (Å²) in [5.41, 5.74) is 0.424. The maximum atomic E-state index is 10.8. The Morgan fingerprint density at radius 1 is 0.862 bits per heavy atom. The molecule has 14 heteroatoms. The summed E-state index contributed by atoms with van der Waals surface area (Å²) in [6.45, 7) is 0. The van der Waals surface area contributed by atoms with E-state index in [0.29, 0.717) is 5.70 Å². The summed E-state index contributed by atoms with van der Waals surface area (Å²) in [6, 6.07) is 10.7. The summed E-state index contributed by atoms with van der Waals surface area (Å²) in [5.74, 6) is -0.369. The van der Waals surface area contributed by atoms with Crippen molar-refractivity contribution in [2.45, 2.75) is 0 Å². The minimum absolute atomic E-state index is 0.215. The Morgan fingerprint density at radius 3 is 1.86 bits per heavy atom. The molecular weight excluding hydrogens is 418 g/mol. The lowest BCUT2D eigenvalue weighted by Gasteiger charge is -2.17. The highest BCUT2D eigenvalue weighted by molar-refractivity contribution is 5.72. The van der Waals surface area contributed by atoms with Gasteiger partial charge in [0.1, 0.15) is 15.6 Å². The molecule has 0 saturated carbocycles. The zero-order valence-electron chi connectivity index (χ0n) is 14.1. The van der Waals surface area contributed by atoms with Crippen molar-refractivity contribution in [2.75, 3.05) is 0 Å². The first-order valence-electron chi connectivity index (χ1n) is 7.33. The molecule has 0 aliphatic rings. The molecule has 0 aliphatic carbocycles. The lowest BCUT2D eigenvalue weighted by Crippen LogP contribution is -2.68. The van der Waals surface area contributed by atoms with Crippen molar-refractivity contribution >= 4 is 23.5 Å². The van der Waals surface area contributed by atoms with Gasteiger partial charge in [-0.3, -0.25) is 20.2 Å². The van der Waals surface area contributed by atoms with Crippen molar-refractivity contribution in [2.24, 2.45) is 0 Å². The van der Waals surface area contributed by atoms with Crippen molar-refractivity contribution in [1.29, 1.82) is 0 Å². The van der Waals surface area contributed by atoms with E-state index in [2.05, 4.69) is 0 Å². The molecule has 0 fully saturated rings. The standard InChI is InChI=1S/C15H10N3O6.ClHO4/c19-17(20)14-6-4-11(23-14)10-12(16-8-2-1-3-9-16)13-5-7-15(24-13)18(21)22;2-1(3,4)5/h1-10H;(H,2,3,4,5)/q+1;/p-1/b12-10-;. The van der Waals surface area contributed by atoms with Crippen LogP contribution < -0.4 is 23.2 Å². The first-order chi connectivity index (χ1) is 13.5. The highest BCUT2D eigenvalue weighted by Crippen LogP contribution is 2.24. The molecule has 0 atom stereocenters. The third-order valence-electron chi connectivity index (χ3n) is 3.09. The van der Waals surface area contributed by atoms with Crippen molar-refractivity contribution in [1.82, 2.24) is 0 Å². The molecule has 0 amide bonds. The molecule has 0 aromatic carbocycles. The van der Waals surface area contributed by atoms with E-state index >= 15 is 0 Å². The predicted molar refractivity (Wildman–Crippen MR) is 80.6 cm³/mol. The van der Waals surface area contributed by atoms with Gasteiger partial charge >= 0.3 is 11.8 Å². The van der Waals surface area contributed by atoms with Crippen LogP contribution in [0.15, 0.2) is 63.7 Å². The smallest absolute Gasteiger partial charge is 0.401 e. The maximum Gasteiger partial charge on any atom is 0.433 e. The van der Waals surface area contributed by atoms with Crippen LogP contribution >= 0.6 is 0 Å². The van der Waals surface area contributed by atoms with Gasteiger partial charge in [0.2, 0.25) is 5.76 Å². The van der Waals surface area contributed by atoms with E-state index in [9.17, 15) is 20.2 Å². The number of furan rings is 2. The van der Waals surface area contributed by atoms with E-state index in [4.69, 9.17) is 27.5 Å². The van der Waals surface area contributed by atoms with Gasteiger partial charge < -0.3 is 8.83 Å². The molecule has 0 N–H and O–H groups in total. The fourth-order valence-corrected chi connectivity index (χ4v) is 2.05. The summed E-state index contributed by atoms with van der Waals surface area (Å²) in [5, 5.41) is 21.5. The summed E-state index contributed by atoms with van der Waals surface area (Å²) >= 11 is 0. The second-order valence-electron chi connectivity index (χ2n) is 5.02. The number of hydrogen-bond donors (Lipinski definition) is 0. The number of nitro groups is 2. The maximum absolute atomic E-state index is 10.8. The molecule has 29 heavy (non-hydrogen) atoms. The molecule has 152 valence electrons. The average molecular weight is 428 g/mol. The SMILES string of the molecule is O=[N+]([O-])c1ccc(/C=C(/c2ccc([N+](=O)[O-])o2)[n+]2ccccc2)o1.[O-][Cl+3]([O-])([O-])[O-]. The Morgan fingerprint density at radius 2 is 1.38 bits per heavy atom. The molecule has 13 nitrogen and oxygen atoms in total. The molecule has 3 aromatic heterocycles. The number of pyridine rings is 1. The molecule has 3 aromatic rings. The second kappa shape index (κ2) is 9.05. The first-order valence-corrected chi connectivity index (χ1v) is 8.57. The number of halogens is 1. The van der Waals surface area contributed by atoms with Crippen LogP contribution in [0.2, 0.25) is 0 Å². The van der Waals surface area contributed by atoms with E-state index in [1.54, 1.807) is 35.2 Å². The summed E-state index contributed by atoms with van der Waals surface area (Å²) in [4.78, 5) is 20.2. The fraction of sp³-hybridized carbons (Fsp3) is 0. The normalized spacial score (nSPS) is 11.5. The van der Waals surface area contributed by atoms with Crippen LogP contribution in [0.3, 0.4) is 0 Å². The van der Waals surface area contributed by atoms with Gasteiger partial charge in [0.25, 0.3) is 5.70 Å². The summed E-state index contributed by atoms with van der Waals surface area (Å²) < 4.78 is 46.0. The number of rotatable bonds is 5. The molecule has 0 saturated heterocycles. The quantitative estimate of drug-likeness (QED) is 0.255. The van der Waals surface area contributed by atoms with Crippen LogP contribution in [0.25, 0.3) is 11.8 Å². The van der Waals surface area contributed by atoms with Gasteiger partial charge in [0.05, 0.1) is 18.2 Å². The van der Waals surface area contributed by atoms with Crippen molar-refractivity contribution < 1.29 is 52.1 Å². The highest BCUT2D eigenvalue weighted by atomic mass is 35.7. The minimum Gasteiger partial charge on any atom is -0.401 e. The van der Waals surface area contributed by atoms with E-state index in [1.807, 2.05) is 0 Å². The van der Waals surface area contributed by atoms with Gasteiger partial charge in [0, 0.05) is 12.1 Å². The Labute approximate surface area is 163 Å². The Balaban J connectivity index is 0.000000537. The summed E-state index contributed by atoms with van der Waals surface area (Å²) in [7, 11) is -4.94. The second-order valence-corrected chi connectivity index (χ2v) is 5.77. The number of hydrogen-bond acceptors (Lipinski definition) is 10. The minimum atomic E-state index is -4.94. The van der Waals surface area contributed by atoms with E-state index in [1.165, 1.54) is 30.3 Å². The van der Waals surface area contributed by atoms with Gasteiger partial charge in [-0.25, -0.2) is 18.6 Å². The molecule has 0 aliphatic heterocycles. The third kappa shape index (κ3) is 6.80. The van der Waals surface area contributed by atoms with E-state index < -0.39 is 31.9 Å². The molecular formula is C15H10ClN3O10. The molecule has 0 unspecified atom stereocenters. The van der Waals surface area contributed by atoms with Crippen molar-refractivity contribution in [3.63, 3.8) is 0 Å². The van der Waals surface area contributed by atoms with Gasteiger partial charge in [-0.05, 0) is 12.1 Å². The largest absolute Gasteiger partial charge is 0.433 e. The monoisotopic (exact) mass is 427 g/mol. The van der Waals surface area contributed by atoms with Crippen LogP contribution in [0.1, 0.15) is 11.5 Å². The molecule has 3 rings (SSSR count). The van der Waals surface area contributed by atoms with E-state index in [-0.39, 0.29) is 11.5 Å². The van der Waals surface area contributed by atoms with Crippen LogP contribution in [0.4, 0.5) is 11.8 Å². The Kier molecular flexibility index (Phi) is 6.76. The molecule has 0 radical (unpaired) electrons. The lowest BCUT2D eigenvalue weighted by atomic mass is 10.2. The van der Waals surface area contributed by atoms with Crippen LogP contribution in [0, 0.1) is 30.5 Å². The van der Waals surface area contributed by atoms with Crippen LogP contribution in [-0.2, 0) is 0 Å². The third-order valence-corrected chi connectivity index (χ3v) is 3.09.